The van der Waals surface area contributed by atoms with E-state index in [1.807, 2.05) is 43.5 Å². The van der Waals surface area contributed by atoms with Crippen LogP contribution in [0.2, 0.25) is 0 Å². The molecule has 6 nitrogen and oxygen atoms in total. The Kier molecular flexibility index (Phi) is 5.39. The molecule has 0 aliphatic heterocycles. The van der Waals surface area contributed by atoms with E-state index in [1.54, 1.807) is 25.7 Å². The Labute approximate surface area is 173 Å². The van der Waals surface area contributed by atoms with Crippen LogP contribution in [0.15, 0.2) is 60.4 Å². The van der Waals surface area contributed by atoms with E-state index in [9.17, 15) is 0 Å². The van der Waals surface area contributed by atoms with Crippen LogP contribution in [0.5, 0.6) is 17.2 Å². The fourth-order valence-corrected chi connectivity index (χ4v) is 3.68. The van der Waals surface area contributed by atoms with Gasteiger partial charge in [-0.3, -0.25) is 4.98 Å². The van der Waals surface area contributed by atoms with Crippen molar-refractivity contribution in [1.29, 1.82) is 0 Å². The van der Waals surface area contributed by atoms with E-state index >= 15 is 0 Å². The first-order chi connectivity index (χ1) is 14.1. The van der Waals surface area contributed by atoms with Crippen LogP contribution in [-0.2, 0) is 0 Å². The molecule has 146 valence electrons. The summed E-state index contributed by atoms with van der Waals surface area (Å²) in [6, 6.07) is 11.7. The Morgan fingerprint density at radius 2 is 1.69 bits per heavy atom. The first-order valence-electron chi connectivity index (χ1n) is 9.04. The smallest absolute Gasteiger partial charge is 0.188 e. The number of rotatable bonds is 6. The molecule has 0 saturated heterocycles. The summed E-state index contributed by atoms with van der Waals surface area (Å²) >= 11 is 1.53. The van der Waals surface area contributed by atoms with Gasteiger partial charge in [-0.05, 0) is 61.4 Å². The van der Waals surface area contributed by atoms with Gasteiger partial charge in [0.15, 0.2) is 10.9 Å². The Hall–Kier alpha value is -3.45. The molecule has 7 heteroatoms. The average molecular weight is 404 g/mol. The number of aromatic nitrogens is 3. The average Bonchev–Trinajstić information content (AvgIpc) is 3.20. The number of aryl methyl sites for hydroxylation is 2. The second-order valence-electron chi connectivity index (χ2n) is 6.47. The quantitative estimate of drug-likeness (QED) is 0.440. The highest BCUT2D eigenvalue weighted by atomic mass is 32.1. The SMILES string of the molecule is COc1ccc(Oc2c(C)cc(-c3csc(Nc4cnccn4)n3)cc2C)cc1. The molecule has 0 saturated carbocycles. The van der Waals surface area contributed by atoms with Gasteiger partial charge in [-0.15, -0.1) is 11.3 Å². The van der Waals surface area contributed by atoms with Crippen LogP contribution in [-0.4, -0.2) is 22.1 Å². The van der Waals surface area contributed by atoms with E-state index in [4.69, 9.17) is 9.47 Å². The number of benzene rings is 2. The highest BCUT2D eigenvalue weighted by Crippen LogP contribution is 2.35. The van der Waals surface area contributed by atoms with Gasteiger partial charge in [0, 0.05) is 23.3 Å². The molecule has 0 aliphatic carbocycles. The van der Waals surface area contributed by atoms with Gasteiger partial charge in [-0.2, -0.15) is 0 Å². The molecule has 0 radical (unpaired) electrons. The lowest BCUT2D eigenvalue weighted by atomic mass is 10.0. The van der Waals surface area contributed by atoms with Gasteiger partial charge in [-0.1, -0.05) is 0 Å². The lowest BCUT2D eigenvalue weighted by Gasteiger charge is -2.13. The molecule has 4 rings (SSSR count). The summed E-state index contributed by atoms with van der Waals surface area (Å²) in [5.74, 6) is 3.10. The minimum atomic E-state index is 0.670. The van der Waals surface area contributed by atoms with E-state index in [-0.39, 0.29) is 0 Å². The zero-order valence-corrected chi connectivity index (χ0v) is 17.2. The van der Waals surface area contributed by atoms with Crippen LogP contribution in [0.3, 0.4) is 0 Å². The van der Waals surface area contributed by atoms with Gasteiger partial charge in [-0.25, -0.2) is 9.97 Å². The van der Waals surface area contributed by atoms with Crippen molar-refractivity contribution in [3.05, 3.63) is 71.5 Å². The summed E-state index contributed by atoms with van der Waals surface area (Å²) in [4.78, 5) is 12.9. The number of nitrogens with one attached hydrogen (secondary N) is 1. The molecule has 0 aliphatic rings. The fourth-order valence-electron chi connectivity index (χ4n) is 2.96. The lowest BCUT2D eigenvalue weighted by Crippen LogP contribution is -1.94. The lowest BCUT2D eigenvalue weighted by molar-refractivity contribution is 0.412. The largest absolute Gasteiger partial charge is 0.497 e. The van der Waals surface area contributed by atoms with Crippen LogP contribution >= 0.6 is 11.3 Å². The number of hydrogen-bond acceptors (Lipinski definition) is 7. The normalized spacial score (nSPS) is 10.6. The predicted octanol–water partition coefficient (Wildman–Crippen LogP) is 5.76. The molecule has 1 N–H and O–H groups in total. The third-order valence-electron chi connectivity index (χ3n) is 4.34. The fraction of sp³-hybridized carbons (Fsp3) is 0.136. The van der Waals surface area contributed by atoms with Crippen molar-refractivity contribution in [2.24, 2.45) is 0 Å². The van der Waals surface area contributed by atoms with Gasteiger partial charge in [0.1, 0.15) is 17.2 Å². The molecule has 2 aromatic carbocycles. The monoisotopic (exact) mass is 404 g/mol. The highest BCUT2D eigenvalue weighted by Gasteiger charge is 2.12. The molecular formula is C22H20N4O2S. The van der Waals surface area contributed by atoms with Gasteiger partial charge in [0.2, 0.25) is 0 Å². The van der Waals surface area contributed by atoms with Gasteiger partial charge >= 0.3 is 0 Å². The van der Waals surface area contributed by atoms with Crippen molar-refractivity contribution in [3.63, 3.8) is 0 Å². The zero-order chi connectivity index (χ0) is 20.2. The van der Waals surface area contributed by atoms with E-state index in [0.717, 1.165) is 44.8 Å². The van der Waals surface area contributed by atoms with Crippen molar-refractivity contribution in [2.75, 3.05) is 12.4 Å². The van der Waals surface area contributed by atoms with Gasteiger partial charge in [0.05, 0.1) is 19.0 Å². The van der Waals surface area contributed by atoms with Crippen molar-refractivity contribution in [2.45, 2.75) is 13.8 Å². The Bertz CT molecular complexity index is 1090. The molecule has 0 fully saturated rings. The predicted molar refractivity (Wildman–Crippen MR) is 115 cm³/mol. The Morgan fingerprint density at radius 1 is 0.966 bits per heavy atom. The van der Waals surface area contributed by atoms with Crippen molar-refractivity contribution in [1.82, 2.24) is 15.0 Å². The maximum Gasteiger partial charge on any atom is 0.188 e. The topological polar surface area (TPSA) is 69.2 Å². The van der Waals surface area contributed by atoms with Crippen molar-refractivity contribution in [3.8, 4) is 28.5 Å². The molecule has 0 unspecified atom stereocenters. The molecular weight excluding hydrogens is 384 g/mol. The van der Waals surface area contributed by atoms with Crippen LogP contribution in [0.1, 0.15) is 11.1 Å². The highest BCUT2D eigenvalue weighted by molar-refractivity contribution is 7.14. The minimum Gasteiger partial charge on any atom is -0.497 e. The minimum absolute atomic E-state index is 0.670. The number of ether oxygens (including phenoxy) is 2. The first-order valence-corrected chi connectivity index (χ1v) is 9.92. The molecule has 0 bridgehead atoms. The third-order valence-corrected chi connectivity index (χ3v) is 5.10. The van der Waals surface area contributed by atoms with E-state index < -0.39 is 0 Å². The summed E-state index contributed by atoms with van der Waals surface area (Å²) < 4.78 is 11.3. The summed E-state index contributed by atoms with van der Waals surface area (Å²) in [7, 11) is 1.65. The van der Waals surface area contributed by atoms with Crippen molar-refractivity contribution < 1.29 is 9.47 Å². The number of thiazole rings is 1. The molecule has 4 aromatic rings. The maximum absolute atomic E-state index is 6.11. The summed E-state index contributed by atoms with van der Waals surface area (Å²) in [5, 5.41) is 5.97. The van der Waals surface area contributed by atoms with Crippen LogP contribution in [0.4, 0.5) is 10.9 Å². The number of hydrogen-bond donors (Lipinski definition) is 1. The summed E-state index contributed by atoms with van der Waals surface area (Å²) in [5.41, 5.74) is 4.05. The van der Waals surface area contributed by atoms with E-state index in [1.165, 1.54) is 11.3 Å². The maximum atomic E-state index is 6.11. The second kappa shape index (κ2) is 8.28. The second-order valence-corrected chi connectivity index (χ2v) is 7.33. The molecule has 0 spiro atoms. The first kappa shape index (κ1) is 18.9. The Balaban J connectivity index is 1.55. The van der Waals surface area contributed by atoms with Crippen LogP contribution in [0, 0.1) is 13.8 Å². The molecule has 29 heavy (non-hydrogen) atoms. The summed E-state index contributed by atoms with van der Waals surface area (Å²) in [6.07, 6.45) is 4.95. The Morgan fingerprint density at radius 3 is 2.34 bits per heavy atom. The summed E-state index contributed by atoms with van der Waals surface area (Å²) in [6.45, 7) is 4.08. The van der Waals surface area contributed by atoms with Crippen LogP contribution < -0.4 is 14.8 Å². The number of methoxy groups -OCH3 is 1. The molecule has 2 aromatic heterocycles. The zero-order valence-electron chi connectivity index (χ0n) is 16.3. The number of nitrogens with zero attached hydrogens (tertiary/aromatic N) is 3. The van der Waals surface area contributed by atoms with E-state index in [2.05, 4.69) is 32.4 Å². The number of anilines is 2. The molecule has 2 heterocycles. The molecule has 0 amide bonds. The van der Waals surface area contributed by atoms with E-state index in [0.29, 0.717) is 5.82 Å². The van der Waals surface area contributed by atoms with Gasteiger partial charge in [0.25, 0.3) is 0 Å². The van der Waals surface area contributed by atoms with Crippen LogP contribution in [0.25, 0.3) is 11.3 Å². The standard InChI is InChI=1S/C22H20N4O2S/c1-14-10-16(19-13-29-22(25-19)26-20-12-23-8-9-24-20)11-15(2)21(14)28-18-6-4-17(27-3)5-7-18/h4-13H,1-3H3,(H,24,25,26). The van der Waals surface area contributed by atoms with Crippen molar-refractivity contribution >= 4 is 22.3 Å². The molecule has 0 atom stereocenters. The van der Waals surface area contributed by atoms with Gasteiger partial charge < -0.3 is 14.8 Å². The third kappa shape index (κ3) is 4.35.